The summed E-state index contributed by atoms with van der Waals surface area (Å²) < 4.78 is 1.55. The standard InChI is InChI=1S/C15H15N5O2S/c1-18(12-7-11(8-12)10-3-2-4-16-9-10)13-14(20(21)22)19-5-6-23-15(19)17-13/h2-6,9,11-12H,7-8H2,1H3. The first-order valence-corrected chi connectivity index (χ1v) is 8.26. The van der Waals surface area contributed by atoms with Gasteiger partial charge in [0.2, 0.25) is 5.82 Å². The molecule has 8 heteroatoms. The zero-order chi connectivity index (χ0) is 16.0. The molecule has 0 aromatic carbocycles. The maximum absolute atomic E-state index is 11.4. The Morgan fingerprint density at radius 1 is 1.48 bits per heavy atom. The summed E-state index contributed by atoms with van der Waals surface area (Å²) in [6.07, 6.45) is 7.29. The summed E-state index contributed by atoms with van der Waals surface area (Å²) >= 11 is 1.40. The molecule has 0 amide bonds. The van der Waals surface area contributed by atoms with Crippen LogP contribution in [0.5, 0.6) is 0 Å². The Morgan fingerprint density at radius 2 is 2.30 bits per heavy atom. The van der Waals surface area contributed by atoms with Crippen LogP contribution < -0.4 is 4.90 Å². The Morgan fingerprint density at radius 3 is 3.00 bits per heavy atom. The number of nitrogens with zero attached hydrogens (tertiary/aromatic N) is 5. The maximum Gasteiger partial charge on any atom is 0.373 e. The van der Waals surface area contributed by atoms with Gasteiger partial charge in [-0.05, 0) is 35.3 Å². The number of anilines is 1. The van der Waals surface area contributed by atoms with E-state index in [0.29, 0.717) is 16.7 Å². The van der Waals surface area contributed by atoms with Crippen molar-refractivity contribution in [3.63, 3.8) is 0 Å². The number of aromatic nitrogens is 3. The zero-order valence-corrected chi connectivity index (χ0v) is 13.3. The molecule has 0 radical (unpaired) electrons. The first-order valence-electron chi connectivity index (χ1n) is 7.38. The average Bonchev–Trinajstić information content (AvgIpc) is 3.06. The average molecular weight is 329 g/mol. The number of imidazole rings is 1. The summed E-state index contributed by atoms with van der Waals surface area (Å²) in [4.78, 5) is 22.3. The summed E-state index contributed by atoms with van der Waals surface area (Å²) in [5.41, 5.74) is 1.23. The van der Waals surface area contributed by atoms with Gasteiger partial charge in [-0.1, -0.05) is 17.4 Å². The summed E-state index contributed by atoms with van der Waals surface area (Å²) in [5.74, 6) is 0.976. The second kappa shape index (κ2) is 5.31. The highest BCUT2D eigenvalue weighted by atomic mass is 32.1. The van der Waals surface area contributed by atoms with Gasteiger partial charge in [0.15, 0.2) is 0 Å². The molecule has 1 saturated carbocycles. The molecule has 3 aromatic rings. The predicted molar refractivity (Wildman–Crippen MR) is 88.1 cm³/mol. The second-order valence-electron chi connectivity index (χ2n) is 5.79. The SMILES string of the molecule is CN(c1nc2sccn2c1[N+](=O)[O-])C1CC(c2cccnc2)C1. The van der Waals surface area contributed by atoms with E-state index < -0.39 is 0 Å². The van der Waals surface area contributed by atoms with Crippen molar-refractivity contribution in [2.45, 2.75) is 24.8 Å². The van der Waals surface area contributed by atoms with E-state index in [1.165, 1.54) is 16.9 Å². The van der Waals surface area contributed by atoms with Gasteiger partial charge < -0.3 is 15.0 Å². The molecule has 1 aliphatic rings. The van der Waals surface area contributed by atoms with E-state index in [4.69, 9.17) is 0 Å². The van der Waals surface area contributed by atoms with Crippen LogP contribution in [0.2, 0.25) is 0 Å². The molecule has 0 unspecified atom stereocenters. The highest BCUT2D eigenvalue weighted by Gasteiger charge is 2.37. The third kappa shape index (κ3) is 2.26. The molecular formula is C15H15N5O2S. The van der Waals surface area contributed by atoms with Gasteiger partial charge in [-0.15, -0.1) is 0 Å². The van der Waals surface area contributed by atoms with Gasteiger partial charge in [0, 0.05) is 30.9 Å². The Kier molecular flexibility index (Phi) is 3.26. The number of hydrogen-bond acceptors (Lipinski definition) is 6. The molecular weight excluding hydrogens is 314 g/mol. The summed E-state index contributed by atoms with van der Waals surface area (Å²) in [6, 6.07) is 4.30. The lowest BCUT2D eigenvalue weighted by atomic mass is 9.75. The van der Waals surface area contributed by atoms with Crippen LogP contribution in [-0.2, 0) is 0 Å². The minimum absolute atomic E-state index is 0.0496. The molecule has 0 atom stereocenters. The minimum atomic E-state index is -0.351. The van der Waals surface area contributed by atoms with Gasteiger partial charge in [0.1, 0.15) is 6.20 Å². The van der Waals surface area contributed by atoms with Crippen LogP contribution in [0.4, 0.5) is 11.6 Å². The van der Waals surface area contributed by atoms with Crippen LogP contribution in [0.3, 0.4) is 0 Å². The van der Waals surface area contributed by atoms with Crippen LogP contribution in [0.1, 0.15) is 24.3 Å². The molecule has 1 aliphatic carbocycles. The van der Waals surface area contributed by atoms with Crippen molar-refractivity contribution in [2.24, 2.45) is 0 Å². The van der Waals surface area contributed by atoms with Crippen LogP contribution in [0.25, 0.3) is 4.96 Å². The third-order valence-corrected chi connectivity index (χ3v) is 5.30. The first-order chi connectivity index (χ1) is 11.1. The first kappa shape index (κ1) is 14.1. The van der Waals surface area contributed by atoms with Gasteiger partial charge in [-0.25, -0.2) is 0 Å². The lowest BCUT2D eigenvalue weighted by Crippen LogP contribution is -2.42. The Balaban J connectivity index is 1.57. The number of rotatable bonds is 4. The molecule has 4 rings (SSSR count). The number of thiazole rings is 1. The second-order valence-corrected chi connectivity index (χ2v) is 6.66. The predicted octanol–water partition coefficient (Wildman–Crippen LogP) is 3.08. The fourth-order valence-electron chi connectivity index (χ4n) is 3.14. The number of pyridine rings is 1. The largest absolute Gasteiger partial charge is 0.373 e. The van der Waals surface area contributed by atoms with Gasteiger partial charge >= 0.3 is 5.82 Å². The van der Waals surface area contributed by atoms with Gasteiger partial charge in [0.25, 0.3) is 4.96 Å². The smallest absolute Gasteiger partial charge is 0.358 e. The lowest BCUT2D eigenvalue weighted by molar-refractivity contribution is -0.389. The zero-order valence-electron chi connectivity index (χ0n) is 12.5. The molecule has 7 nitrogen and oxygen atoms in total. The molecule has 0 bridgehead atoms. The number of nitro groups is 1. The summed E-state index contributed by atoms with van der Waals surface area (Å²) in [5, 5.41) is 13.2. The molecule has 1 fully saturated rings. The van der Waals surface area contributed by atoms with Crippen LogP contribution >= 0.6 is 11.3 Å². The monoisotopic (exact) mass is 329 g/mol. The Hall–Kier alpha value is -2.48. The molecule has 3 aromatic heterocycles. The normalized spacial score (nSPS) is 20.4. The maximum atomic E-state index is 11.4. The van der Waals surface area contributed by atoms with Gasteiger partial charge in [-0.2, -0.15) is 9.38 Å². The van der Waals surface area contributed by atoms with E-state index in [2.05, 4.69) is 16.0 Å². The van der Waals surface area contributed by atoms with Crippen molar-refractivity contribution in [1.82, 2.24) is 14.4 Å². The lowest BCUT2D eigenvalue weighted by Gasteiger charge is -2.41. The van der Waals surface area contributed by atoms with Crippen LogP contribution in [0.15, 0.2) is 36.1 Å². The molecule has 0 spiro atoms. The number of hydrogen-bond donors (Lipinski definition) is 0. The van der Waals surface area contributed by atoms with E-state index in [9.17, 15) is 10.1 Å². The van der Waals surface area contributed by atoms with Crippen molar-refractivity contribution < 1.29 is 4.92 Å². The van der Waals surface area contributed by atoms with Crippen molar-refractivity contribution in [3.05, 3.63) is 51.8 Å². The third-order valence-electron chi connectivity index (χ3n) is 4.54. The highest BCUT2D eigenvalue weighted by molar-refractivity contribution is 7.15. The molecule has 0 saturated heterocycles. The topological polar surface area (TPSA) is 76.6 Å². The summed E-state index contributed by atoms with van der Waals surface area (Å²) in [7, 11) is 1.89. The van der Waals surface area contributed by atoms with E-state index in [1.54, 1.807) is 22.2 Å². The van der Waals surface area contributed by atoms with Crippen molar-refractivity contribution in [1.29, 1.82) is 0 Å². The van der Waals surface area contributed by atoms with Crippen LogP contribution in [0, 0.1) is 10.1 Å². The van der Waals surface area contributed by atoms with Crippen molar-refractivity contribution >= 4 is 27.9 Å². The molecule has 0 aliphatic heterocycles. The molecule has 3 heterocycles. The Labute approximate surface area is 136 Å². The van der Waals surface area contributed by atoms with Crippen LogP contribution in [-0.4, -0.2) is 32.4 Å². The number of fused-ring (bicyclic) bond motifs is 1. The molecule has 118 valence electrons. The fourth-order valence-corrected chi connectivity index (χ4v) is 3.84. The summed E-state index contributed by atoms with van der Waals surface area (Å²) in [6.45, 7) is 0. The van der Waals surface area contributed by atoms with E-state index in [1.807, 2.05) is 24.2 Å². The van der Waals surface area contributed by atoms with Gasteiger partial charge in [-0.3, -0.25) is 4.98 Å². The van der Waals surface area contributed by atoms with Gasteiger partial charge in [0.05, 0.1) is 0 Å². The minimum Gasteiger partial charge on any atom is -0.358 e. The van der Waals surface area contributed by atoms with E-state index in [-0.39, 0.29) is 16.8 Å². The van der Waals surface area contributed by atoms with Crippen molar-refractivity contribution in [2.75, 3.05) is 11.9 Å². The van der Waals surface area contributed by atoms with Crippen molar-refractivity contribution in [3.8, 4) is 0 Å². The quantitative estimate of drug-likeness (QED) is 0.543. The highest BCUT2D eigenvalue weighted by Crippen LogP contribution is 2.42. The van der Waals surface area contributed by atoms with E-state index in [0.717, 1.165) is 12.8 Å². The fraction of sp³-hybridized carbons (Fsp3) is 0.333. The molecule has 23 heavy (non-hydrogen) atoms. The molecule has 0 N–H and O–H groups in total. The Bertz CT molecular complexity index is 853. The van der Waals surface area contributed by atoms with E-state index >= 15 is 0 Å².